The van der Waals surface area contributed by atoms with Crippen LogP contribution in [0.1, 0.15) is 59.8 Å². The van der Waals surface area contributed by atoms with Gasteiger partial charge in [-0.05, 0) is 26.2 Å². The first-order chi connectivity index (χ1) is 6.92. The molecule has 0 aliphatic heterocycles. The smallest absolute Gasteiger partial charge is 0.148 e. The fourth-order valence-electron chi connectivity index (χ4n) is 2.40. The Bertz CT molecular complexity index is 263. The van der Waals surface area contributed by atoms with Crippen LogP contribution in [0.5, 0.6) is 0 Å². The monoisotopic (exact) mass is 208 g/mol. The van der Waals surface area contributed by atoms with Crippen molar-refractivity contribution >= 4 is 5.78 Å². The lowest BCUT2D eigenvalue weighted by molar-refractivity contribution is -0.129. The van der Waals surface area contributed by atoms with Crippen molar-refractivity contribution in [3.05, 3.63) is 12.2 Å². The molecule has 1 nitrogen and oxygen atoms in total. The highest BCUT2D eigenvalue weighted by molar-refractivity contribution is 5.93. The van der Waals surface area contributed by atoms with Crippen molar-refractivity contribution in [1.82, 2.24) is 0 Å². The van der Waals surface area contributed by atoms with Crippen molar-refractivity contribution in [3.8, 4) is 0 Å². The third-order valence-electron chi connectivity index (χ3n) is 3.61. The lowest BCUT2D eigenvalue weighted by Gasteiger charge is -2.21. The van der Waals surface area contributed by atoms with Crippen molar-refractivity contribution < 1.29 is 4.79 Å². The Hall–Kier alpha value is -0.590. The van der Waals surface area contributed by atoms with E-state index < -0.39 is 0 Å². The highest BCUT2D eigenvalue weighted by atomic mass is 16.1. The van der Waals surface area contributed by atoms with Gasteiger partial charge in [-0.25, -0.2) is 0 Å². The van der Waals surface area contributed by atoms with Gasteiger partial charge in [0.25, 0.3) is 0 Å². The number of hydrogen-bond acceptors (Lipinski definition) is 1. The average Bonchev–Trinajstić information content (AvgIpc) is 2.39. The van der Waals surface area contributed by atoms with E-state index in [0.29, 0.717) is 5.78 Å². The summed E-state index contributed by atoms with van der Waals surface area (Å²) in [4.78, 5) is 12.2. The zero-order chi connectivity index (χ0) is 11.5. The molecule has 1 aliphatic rings. The number of Topliss-reactive ketones (excluding diaryl/α,β-unsaturated/α-hetero) is 1. The lowest BCUT2D eigenvalue weighted by atomic mass is 9.81. The summed E-state index contributed by atoms with van der Waals surface area (Å²) >= 11 is 0. The molecule has 0 heterocycles. The number of allylic oxidation sites excluding steroid dienone is 2. The maximum Gasteiger partial charge on any atom is 0.148 e. The quantitative estimate of drug-likeness (QED) is 0.501. The molecule has 0 saturated heterocycles. The summed E-state index contributed by atoms with van der Waals surface area (Å²) in [5, 5.41) is 0. The van der Waals surface area contributed by atoms with Crippen LogP contribution in [0, 0.1) is 10.8 Å². The summed E-state index contributed by atoms with van der Waals surface area (Å²) in [6, 6.07) is 0. The molecule has 0 N–H and O–H groups in total. The van der Waals surface area contributed by atoms with Crippen molar-refractivity contribution in [1.29, 1.82) is 0 Å². The molecule has 15 heavy (non-hydrogen) atoms. The second-order valence-corrected chi connectivity index (χ2v) is 5.68. The Kier molecular flexibility index (Phi) is 3.75. The van der Waals surface area contributed by atoms with Crippen molar-refractivity contribution in [2.75, 3.05) is 0 Å². The Balaban J connectivity index is 2.61. The predicted molar refractivity (Wildman–Crippen MR) is 64.8 cm³/mol. The Morgan fingerprint density at radius 1 is 1.27 bits per heavy atom. The lowest BCUT2D eigenvalue weighted by Crippen LogP contribution is -2.28. The van der Waals surface area contributed by atoms with E-state index in [9.17, 15) is 4.79 Å². The van der Waals surface area contributed by atoms with Gasteiger partial charge in [0.05, 0.1) is 0 Å². The summed E-state index contributed by atoms with van der Waals surface area (Å²) in [6.45, 7) is 8.42. The molecule has 0 aromatic heterocycles. The van der Waals surface area contributed by atoms with E-state index in [2.05, 4.69) is 39.8 Å². The zero-order valence-corrected chi connectivity index (χ0v) is 10.6. The molecule has 0 aromatic rings. The molecule has 0 bridgehead atoms. The predicted octanol–water partition coefficient (Wildman–Crippen LogP) is 4.13. The highest BCUT2D eigenvalue weighted by Gasteiger charge is 2.46. The number of carbonyl (C=O) groups excluding carboxylic acids is 1. The van der Waals surface area contributed by atoms with Crippen molar-refractivity contribution in [3.63, 3.8) is 0 Å². The van der Waals surface area contributed by atoms with Gasteiger partial charge in [-0.2, -0.15) is 0 Å². The van der Waals surface area contributed by atoms with E-state index in [1.54, 1.807) is 0 Å². The van der Waals surface area contributed by atoms with Gasteiger partial charge in [-0.3, -0.25) is 4.79 Å². The summed E-state index contributed by atoms with van der Waals surface area (Å²) < 4.78 is 0. The topological polar surface area (TPSA) is 17.1 Å². The Morgan fingerprint density at radius 3 is 2.40 bits per heavy atom. The molecular weight excluding hydrogens is 184 g/mol. The Morgan fingerprint density at radius 2 is 1.93 bits per heavy atom. The molecule has 1 rings (SSSR count). The minimum Gasteiger partial charge on any atom is -0.298 e. The molecule has 0 radical (unpaired) electrons. The summed E-state index contributed by atoms with van der Waals surface area (Å²) in [7, 11) is 0. The molecule has 1 atom stereocenters. The molecule has 1 fully saturated rings. The molecule has 1 aliphatic carbocycles. The van der Waals surface area contributed by atoms with Crippen LogP contribution in [0.15, 0.2) is 12.2 Å². The number of rotatable bonds is 4. The van der Waals surface area contributed by atoms with Crippen LogP contribution in [0.25, 0.3) is 0 Å². The maximum atomic E-state index is 12.2. The van der Waals surface area contributed by atoms with Crippen LogP contribution in [-0.4, -0.2) is 5.78 Å². The van der Waals surface area contributed by atoms with Crippen LogP contribution in [0.4, 0.5) is 0 Å². The van der Waals surface area contributed by atoms with Crippen molar-refractivity contribution in [2.45, 2.75) is 59.8 Å². The second-order valence-electron chi connectivity index (χ2n) is 5.68. The fourth-order valence-corrected chi connectivity index (χ4v) is 2.40. The van der Waals surface area contributed by atoms with Gasteiger partial charge in [0.2, 0.25) is 0 Å². The first-order valence-corrected chi connectivity index (χ1v) is 6.15. The normalized spacial score (nSPS) is 30.3. The minimum absolute atomic E-state index is 0.107. The largest absolute Gasteiger partial charge is 0.298 e. The maximum absolute atomic E-state index is 12.2. The van der Waals surface area contributed by atoms with Gasteiger partial charge in [-0.15, -0.1) is 0 Å². The average molecular weight is 208 g/mol. The number of hydrogen-bond donors (Lipinski definition) is 0. The second kappa shape index (κ2) is 4.51. The van der Waals surface area contributed by atoms with E-state index in [-0.39, 0.29) is 10.8 Å². The van der Waals surface area contributed by atoms with E-state index in [1.165, 1.54) is 12.8 Å². The first-order valence-electron chi connectivity index (χ1n) is 6.15. The molecule has 0 amide bonds. The van der Waals surface area contributed by atoms with Crippen LogP contribution < -0.4 is 0 Å². The number of unbranched alkanes of at least 4 members (excludes halogenated alkanes) is 2. The molecule has 1 heteroatoms. The van der Waals surface area contributed by atoms with Gasteiger partial charge in [0.15, 0.2) is 0 Å². The van der Waals surface area contributed by atoms with E-state index in [0.717, 1.165) is 19.3 Å². The summed E-state index contributed by atoms with van der Waals surface area (Å²) in [5.74, 6) is 0.419. The number of carbonyl (C=O) groups is 1. The van der Waals surface area contributed by atoms with Gasteiger partial charge < -0.3 is 0 Å². The SMILES string of the molecule is CCCC/C=C/C1(C)CCC(C)(C)C1=O. The first kappa shape index (κ1) is 12.5. The third kappa shape index (κ3) is 2.70. The van der Waals surface area contributed by atoms with Crippen molar-refractivity contribution in [2.24, 2.45) is 10.8 Å². The molecule has 86 valence electrons. The number of ketones is 1. The van der Waals surface area contributed by atoms with Crippen LogP contribution >= 0.6 is 0 Å². The molecule has 1 unspecified atom stereocenters. The minimum atomic E-state index is -0.183. The van der Waals surface area contributed by atoms with E-state index in [4.69, 9.17) is 0 Å². The standard InChI is InChI=1S/C14H24O/c1-5-6-7-8-9-14(4)11-10-13(2,3)12(14)15/h8-9H,5-7,10-11H2,1-4H3/b9-8+. The van der Waals surface area contributed by atoms with Gasteiger partial charge in [0, 0.05) is 10.8 Å². The molecule has 0 aromatic carbocycles. The van der Waals surface area contributed by atoms with Crippen LogP contribution in [-0.2, 0) is 4.79 Å². The van der Waals surface area contributed by atoms with Gasteiger partial charge >= 0.3 is 0 Å². The van der Waals surface area contributed by atoms with Crippen LogP contribution in [0.2, 0.25) is 0 Å². The third-order valence-corrected chi connectivity index (χ3v) is 3.61. The van der Waals surface area contributed by atoms with Crippen LogP contribution in [0.3, 0.4) is 0 Å². The van der Waals surface area contributed by atoms with Gasteiger partial charge in [0.1, 0.15) is 5.78 Å². The summed E-state index contributed by atoms with van der Waals surface area (Å²) in [6.07, 6.45) is 9.95. The molecule has 1 saturated carbocycles. The molecule has 0 spiro atoms. The molecular formula is C14H24O. The van der Waals surface area contributed by atoms with E-state index in [1.807, 2.05) is 0 Å². The fraction of sp³-hybridized carbons (Fsp3) is 0.786. The van der Waals surface area contributed by atoms with E-state index >= 15 is 0 Å². The zero-order valence-electron chi connectivity index (χ0n) is 10.6. The van der Waals surface area contributed by atoms with Gasteiger partial charge in [-0.1, -0.05) is 45.8 Å². The highest BCUT2D eigenvalue weighted by Crippen LogP contribution is 2.46. The summed E-state index contributed by atoms with van der Waals surface area (Å²) in [5.41, 5.74) is -0.291. The Labute approximate surface area is 93.9 Å².